The van der Waals surface area contributed by atoms with Gasteiger partial charge in [0.2, 0.25) is 0 Å². The number of halogens is 1. The van der Waals surface area contributed by atoms with Crippen molar-refractivity contribution in [3.8, 4) is 0 Å². The zero-order valence-electron chi connectivity index (χ0n) is 10.9. The minimum Gasteiger partial charge on any atom is -0.384 e. The molecule has 0 amide bonds. The van der Waals surface area contributed by atoms with Crippen LogP contribution in [0.3, 0.4) is 0 Å². The number of nitrogens with zero attached hydrogens (tertiary/aromatic N) is 1. The molecule has 2 rings (SSSR count). The minimum atomic E-state index is -0.387. The predicted molar refractivity (Wildman–Crippen MR) is 84.0 cm³/mol. The van der Waals surface area contributed by atoms with Gasteiger partial charge in [0.15, 0.2) is 0 Å². The molecule has 0 saturated carbocycles. The topological polar surface area (TPSA) is 55.2 Å². The summed E-state index contributed by atoms with van der Waals surface area (Å²) < 4.78 is 0.836. The largest absolute Gasteiger partial charge is 0.384 e. The van der Waals surface area contributed by atoms with Gasteiger partial charge in [0, 0.05) is 23.2 Å². The number of anilines is 1. The molecule has 0 aliphatic rings. The molecule has 0 unspecified atom stereocenters. The fourth-order valence-electron chi connectivity index (χ4n) is 1.92. The third-order valence-electron chi connectivity index (χ3n) is 2.96. The summed E-state index contributed by atoms with van der Waals surface area (Å²) in [5.74, 6) is 0. The summed E-state index contributed by atoms with van der Waals surface area (Å²) in [6.07, 6.45) is 1.96. The minimum absolute atomic E-state index is 0.0961. The monoisotopic (exact) mass is 334 g/mol. The number of benzene rings is 2. The molecule has 0 aromatic heterocycles. The Hall–Kier alpha value is -1.88. The number of aryl methyl sites for hydroxylation is 1. The van der Waals surface area contributed by atoms with Crippen molar-refractivity contribution in [3.05, 3.63) is 68.7 Å². The highest BCUT2D eigenvalue weighted by molar-refractivity contribution is 9.10. The lowest BCUT2D eigenvalue weighted by atomic mass is 10.1. The van der Waals surface area contributed by atoms with Crippen molar-refractivity contribution in [2.45, 2.75) is 12.8 Å². The van der Waals surface area contributed by atoms with Gasteiger partial charge < -0.3 is 5.32 Å². The first kappa shape index (κ1) is 14.5. The Morgan fingerprint density at radius 2 is 1.90 bits per heavy atom. The van der Waals surface area contributed by atoms with Crippen molar-refractivity contribution in [1.82, 2.24) is 0 Å². The Morgan fingerprint density at radius 3 is 2.60 bits per heavy atom. The van der Waals surface area contributed by atoms with Gasteiger partial charge >= 0.3 is 0 Å². The van der Waals surface area contributed by atoms with Crippen molar-refractivity contribution in [2.24, 2.45) is 0 Å². The fraction of sp³-hybridized carbons (Fsp3) is 0.200. The first-order valence-electron chi connectivity index (χ1n) is 6.38. The SMILES string of the molecule is O=[N+]([O-])c1ccc(Br)c(NCCCc2ccccc2)c1. The first-order chi connectivity index (χ1) is 9.66. The fourth-order valence-corrected chi connectivity index (χ4v) is 2.31. The van der Waals surface area contributed by atoms with Gasteiger partial charge in [-0.2, -0.15) is 0 Å². The Morgan fingerprint density at radius 1 is 1.15 bits per heavy atom. The van der Waals surface area contributed by atoms with Crippen molar-refractivity contribution in [2.75, 3.05) is 11.9 Å². The maximum absolute atomic E-state index is 10.7. The van der Waals surface area contributed by atoms with Gasteiger partial charge in [0.25, 0.3) is 5.69 Å². The summed E-state index contributed by atoms with van der Waals surface area (Å²) in [6, 6.07) is 15.0. The molecule has 0 spiro atoms. The van der Waals surface area contributed by atoms with E-state index in [0.29, 0.717) is 0 Å². The predicted octanol–water partition coefficient (Wildman–Crippen LogP) is 4.40. The molecule has 5 heteroatoms. The zero-order valence-corrected chi connectivity index (χ0v) is 12.5. The Balaban J connectivity index is 1.88. The molecule has 0 fully saturated rings. The van der Waals surface area contributed by atoms with Crippen LogP contribution >= 0.6 is 15.9 Å². The van der Waals surface area contributed by atoms with Gasteiger partial charge in [-0.25, -0.2) is 0 Å². The van der Waals surface area contributed by atoms with E-state index in [1.807, 2.05) is 18.2 Å². The molecule has 0 aliphatic heterocycles. The number of hydrogen-bond acceptors (Lipinski definition) is 3. The van der Waals surface area contributed by atoms with E-state index in [4.69, 9.17) is 0 Å². The van der Waals surface area contributed by atoms with Crippen molar-refractivity contribution in [1.29, 1.82) is 0 Å². The highest BCUT2D eigenvalue weighted by Crippen LogP contribution is 2.27. The van der Waals surface area contributed by atoms with Gasteiger partial charge in [-0.05, 0) is 40.4 Å². The third-order valence-corrected chi connectivity index (χ3v) is 3.65. The van der Waals surface area contributed by atoms with E-state index >= 15 is 0 Å². The third kappa shape index (κ3) is 4.06. The van der Waals surface area contributed by atoms with Crippen LogP contribution in [-0.4, -0.2) is 11.5 Å². The van der Waals surface area contributed by atoms with E-state index in [0.717, 1.165) is 29.5 Å². The summed E-state index contributed by atoms with van der Waals surface area (Å²) >= 11 is 3.39. The van der Waals surface area contributed by atoms with E-state index in [1.165, 1.54) is 11.6 Å². The molecule has 1 N–H and O–H groups in total. The summed E-state index contributed by atoms with van der Waals surface area (Å²) in [7, 11) is 0. The zero-order chi connectivity index (χ0) is 14.4. The van der Waals surface area contributed by atoms with Gasteiger partial charge in [-0.1, -0.05) is 30.3 Å². The second-order valence-electron chi connectivity index (χ2n) is 4.44. The van der Waals surface area contributed by atoms with Crippen LogP contribution < -0.4 is 5.32 Å². The molecule has 0 bridgehead atoms. The number of hydrogen-bond donors (Lipinski definition) is 1. The van der Waals surface area contributed by atoms with E-state index in [-0.39, 0.29) is 10.6 Å². The number of non-ortho nitro benzene ring substituents is 1. The summed E-state index contributed by atoms with van der Waals surface area (Å²) in [6.45, 7) is 0.772. The molecule has 2 aromatic carbocycles. The smallest absolute Gasteiger partial charge is 0.271 e. The molecule has 0 saturated heterocycles. The van der Waals surface area contributed by atoms with Crippen LogP contribution in [0.4, 0.5) is 11.4 Å². The van der Waals surface area contributed by atoms with E-state index in [1.54, 1.807) is 12.1 Å². The normalized spacial score (nSPS) is 10.2. The molecule has 0 radical (unpaired) electrons. The summed E-state index contributed by atoms with van der Waals surface area (Å²) in [5, 5.41) is 14.0. The highest BCUT2D eigenvalue weighted by atomic mass is 79.9. The molecule has 4 nitrogen and oxygen atoms in total. The van der Waals surface area contributed by atoms with Crippen molar-refractivity contribution < 1.29 is 4.92 Å². The van der Waals surface area contributed by atoms with Crippen LogP contribution in [0.5, 0.6) is 0 Å². The lowest BCUT2D eigenvalue weighted by Gasteiger charge is -2.08. The van der Waals surface area contributed by atoms with E-state index in [2.05, 4.69) is 33.4 Å². The van der Waals surface area contributed by atoms with Crippen LogP contribution in [0.1, 0.15) is 12.0 Å². The molecule has 0 aliphatic carbocycles. The number of rotatable bonds is 6. The van der Waals surface area contributed by atoms with Crippen molar-refractivity contribution in [3.63, 3.8) is 0 Å². The molecule has 2 aromatic rings. The average Bonchev–Trinajstić information content (AvgIpc) is 2.46. The summed E-state index contributed by atoms with van der Waals surface area (Å²) in [5.41, 5.74) is 2.15. The van der Waals surface area contributed by atoms with Crippen LogP contribution in [0.2, 0.25) is 0 Å². The van der Waals surface area contributed by atoms with Crippen LogP contribution in [0, 0.1) is 10.1 Å². The summed E-state index contributed by atoms with van der Waals surface area (Å²) in [4.78, 5) is 10.4. The lowest BCUT2D eigenvalue weighted by Crippen LogP contribution is -2.04. The Bertz CT molecular complexity index is 588. The molecular weight excluding hydrogens is 320 g/mol. The van der Waals surface area contributed by atoms with Crippen LogP contribution in [-0.2, 0) is 6.42 Å². The van der Waals surface area contributed by atoms with Crippen molar-refractivity contribution >= 4 is 27.3 Å². The number of nitrogens with one attached hydrogen (secondary N) is 1. The van der Waals surface area contributed by atoms with Gasteiger partial charge in [0.05, 0.1) is 10.6 Å². The maximum atomic E-state index is 10.7. The van der Waals surface area contributed by atoms with E-state index in [9.17, 15) is 10.1 Å². The van der Waals surface area contributed by atoms with Gasteiger partial charge in [-0.15, -0.1) is 0 Å². The molecule has 104 valence electrons. The second-order valence-corrected chi connectivity index (χ2v) is 5.29. The average molecular weight is 335 g/mol. The Labute approximate surface area is 126 Å². The van der Waals surface area contributed by atoms with Gasteiger partial charge in [0.1, 0.15) is 0 Å². The quantitative estimate of drug-likeness (QED) is 0.483. The van der Waals surface area contributed by atoms with Crippen LogP contribution in [0.25, 0.3) is 0 Å². The molecular formula is C15H15BrN2O2. The molecule has 20 heavy (non-hydrogen) atoms. The lowest BCUT2D eigenvalue weighted by molar-refractivity contribution is -0.384. The van der Waals surface area contributed by atoms with Crippen LogP contribution in [0.15, 0.2) is 53.0 Å². The first-order valence-corrected chi connectivity index (χ1v) is 7.18. The molecule has 0 atom stereocenters. The highest BCUT2D eigenvalue weighted by Gasteiger charge is 2.08. The molecule has 0 heterocycles. The van der Waals surface area contributed by atoms with Gasteiger partial charge in [-0.3, -0.25) is 10.1 Å². The number of nitro benzene ring substituents is 1. The van der Waals surface area contributed by atoms with E-state index < -0.39 is 0 Å². The standard InChI is InChI=1S/C15H15BrN2O2/c16-14-9-8-13(18(19)20)11-15(14)17-10-4-7-12-5-2-1-3-6-12/h1-3,5-6,8-9,11,17H,4,7,10H2. The number of nitro groups is 1. The second kappa shape index (κ2) is 7.05. The maximum Gasteiger partial charge on any atom is 0.271 e. The Kier molecular flexibility index (Phi) is 5.12.